The van der Waals surface area contributed by atoms with Crippen LogP contribution in [0.4, 0.5) is 0 Å². The van der Waals surface area contributed by atoms with Gasteiger partial charge in [-0.3, -0.25) is 0 Å². The van der Waals surface area contributed by atoms with E-state index in [4.69, 9.17) is 4.74 Å². The van der Waals surface area contributed by atoms with E-state index in [-0.39, 0.29) is 6.10 Å². The lowest BCUT2D eigenvalue weighted by atomic mass is 10.3. The lowest BCUT2D eigenvalue weighted by molar-refractivity contribution is -0.00602. The van der Waals surface area contributed by atoms with Crippen LogP contribution < -0.4 is 5.32 Å². The van der Waals surface area contributed by atoms with Gasteiger partial charge in [0.05, 0.1) is 19.3 Å². The number of hydrogen-bond donors (Lipinski definition) is 1. The Morgan fingerprint density at radius 2 is 2.35 bits per heavy atom. The molecule has 1 aromatic rings. The molecule has 0 aromatic carbocycles. The minimum Gasteiger partial charge on any atom is -0.375 e. The van der Waals surface area contributed by atoms with Gasteiger partial charge in [-0.05, 0) is 30.4 Å². The van der Waals surface area contributed by atoms with Gasteiger partial charge in [-0.2, -0.15) is 0 Å². The molecule has 1 saturated heterocycles. The molecule has 1 unspecified atom stereocenters. The molecule has 1 aliphatic heterocycles. The largest absolute Gasteiger partial charge is 0.375 e. The van der Waals surface area contributed by atoms with Crippen LogP contribution in [0.25, 0.3) is 0 Å². The number of thioether (sulfide) groups is 1. The zero-order valence-electron chi connectivity index (χ0n) is 12.3. The number of hydrogen-bond acceptors (Lipinski definition) is 7. The molecule has 114 valence electrons. The van der Waals surface area contributed by atoms with Crippen LogP contribution in [0, 0.1) is 0 Å². The zero-order valence-corrected chi connectivity index (χ0v) is 13.1. The van der Waals surface area contributed by atoms with Gasteiger partial charge in [0.2, 0.25) is 5.16 Å². The fourth-order valence-electron chi connectivity index (χ4n) is 2.06. The molecule has 0 aliphatic carbocycles. The standard InChI is InChI=1S/C12H24N6OS/c1-3-4-13-5-6-18-12(14-15-16-18)20-10-11-9-17(2)7-8-19-11/h11,13H,3-10H2,1-2H3. The van der Waals surface area contributed by atoms with Crippen LogP contribution >= 0.6 is 11.8 Å². The average molecular weight is 300 g/mol. The molecular formula is C12H24N6OS. The Kier molecular flexibility index (Phi) is 6.71. The summed E-state index contributed by atoms with van der Waals surface area (Å²) in [6.45, 7) is 7.71. The number of nitrogens with zero attached hydrogens (tertiary/aromatic N) is 5. The monoisotopic (exact) mass is 300 g/mol. The third-order valence-electron chi connectivity index (χ3n) is 3.17. The number of ether oxygens (including phenoxy) is 1. The number of tetrazole rings is 1. The maximum Gasteiger partial charge on any atom is 0.209 e. The third-order valence-corrected chi connectivity index (χ3v) is 4.26. The minimum atomic E-state index is 0.266. The summed E-state index contributed by atoms with van der Waals surface area (Å²) in [6.07, 6.45) is 1.41. The van der Waals surface area contributed by atoms with Crippen LogP contribution in [0.2, 0.25) is 0 Å². The fourth-order valence-corrected chi connectivity index (χ4v) is 2.97. The predicted molar refractivity (Wildman–Crippen MR) is 78.9 cm³/mol. The Labute approximate surface area is 124 Å². The average Bonchev–Trinajstić information content (AvgIpc) is 2.89. The highest BCUT2D eigenvalue weighted by molar-refractivity contribution is 7.99. The zero-order chi connectivity index (χ0) is 14.2. The first-order chi connectivity index (χ1) is 9.79. The molecule has 1 N–H and O–H groups in total. The highest BCUT2D eigenvalue weighted by Crippen LogP contribution is 2.17. The molecule has 1 atom stereocenters. The first-order valence-corrected chi connectivity index (χ1v) is 8.18. The van der Waals surface area contributed by atoms with Gasteiger partial charge in [0.25, 0.3) is 0 Å². The van der Waals surface area contributed by atoms with Crippen LogP contribution in [0.1, 0.15) is 13.3 Å². The van der Waals surface area contributed by atoms with E-state index in [0.29, 0.717) is 0 Å². The van der Waals surface area contributed by atoms with E-state index in [0.717, 1.165) is 56.7 Å². The third kappa shape index (κ3) is 5.01. The van der Waals surface area contributed by atoms with Crippen molar-refractivity contribution >= 4 is 11.8 Å². The predicted octanol–water partition coefficient (Wildman–Crippen LogP) is 0.0954. The molecule has 0 saturated carbocycles. The molecule has 0 spiro atoms. The normalized spacial score (nSPS) is 20.4. The van der Waals surface area contributed by atoms with Crippen molar-refractivity contribution in [3.05, 3.63) is 0 Å². The molecule has 8 heteroatoms. The Balaban J connectivity index is 1.73. The van der Waals surface area contributed by atoms with E-state index in [1.54, 1.807) is 11.8 Å². The van der Waals surface area contributed by atoms with Crippen molar-refractivity contribution in [2.24, 2.45) is 0 Å². The van der Waals surface area contributed by atoms with Gasteiger partial charge in [0, 0.05) is 25.4 Å². The summed E-state index contributed by atoms with van der Waals surface area (Å²) in [5.41, 5.74) is 0. The van der Waals surface area contributed by atoms with Gasteiger partial charge in [-0.15, -0.1) is 5.10 Å². The van der Waals surface area contributed by atoms with Gasteiger partial charge >= 0.3 is 0 Å². The lowest BCUT2D eigenvalue weighted by Crippen LogP contribution is -2.41. The summed E-state index contributed by atoms with van der Waals surface area (Å²) < 4.78 is 7.61. The van der Waals surface area contributed by atoms with Gasteiger partial charge in [-0.25, -0.2) is 4.68 Å². The molecule has 20 heavy (non-hydrogen) atoms. The molecule has 2 rings (SSSR count). The second-order valence-electron chi connectivity index (χ2n) is 5.00. The second kappa shape index (κ2) is 8.56. The fraction of sp³-hybridized carbons (Fsp3) is 0.917. The van der Waals surface area contributed by atoms with Gasteiger partial charge in [0.15, 0.2) is 0 Å². The Morgan fingerprint density at radius 1 is 1.45 bits per heavy atom. The topological polar surface area (TPSA) is 68.1 Å². The molecule has 1 aliphatic rings. The Morgan fingerprint density at radius 3 is 3.15 bits per heavy atom. The first-order valence-electron chi connectivity index (χ1n) is 7.19. The van der Waals surface area contributed by atoms with E-state index in [1.165, 1.54) is 0 Å². The summed E-state index contributed by atoms with van der Waals surface area (Å²) in [7, 11) is 2.13. The molecule has 1 fully saturated rings. The van der Waals surface area contributed by atoms with Crippen LogP contribution in [0.15, 0.2) is 5.16 Å². The highest BCUT2D eigenvalue weighted by atomic mass is 32.2. The summed E-state index contributed by atoms with van der Waals surface area (Å²) in [5, 5.41) is 16.1. The molecule has 1 aromatic heterocycles. The SMILES string of the molecule is CCCNCCn1nnnc1SCC1CN(C)CCO1. The highest BCUT2D eigenvalue weighted by Gasteiger charge is 2.19. The maximum atomic E-state index is 5.75. The van der Waals surface area contributed by atoms with Crippen molar-refractivity contribution in [1.29, 1.82) is 0 Å². The number of nitrogens with one attached hydrogen (secondary N) is 1. The van der Waals surface area contributed by atoms with Crippen molar-refractivity contribution in [2.45, 2.75) is 31.1 Å². The first kappa shape index (κ1) is 15.7. The van der Waals surface area contributed by atoms with Crippen molar-refractivity contribution in [3.63, 3.8) is 0 Å². The number of aromatic nitrogens is 4. The second-order valence-corrected chi connectivity index (χ2v) is 5.99. The Bertz CT molecular complexity index is 388. The molecule has 2 heterocycles. The maximum absolute atomic E-state index is 5.75. The van der Waals surface area contributed by atoms with E-state index >= 15 is 0 Å². The summed E-state index contributed by atoms with van der Waals surface area (Å²) in [4.78, 5) is 2.30. The van der Waals surface area contributed by atoms with E-state index < -0.39 is 0 Å². The molecule has 0 bridgehead atoms. The lowest BCUT2D eigenvalue weighted by Gasteiger charge is -2.29. The van der Waals surface area contributed by atoms with Crippen molar-refractivity contribution in [3.8, 4) is 0 Å². The smallest absolute Gasteiger partial charge is 0.209 e. The quantitative estimate of drug-likeness (QED) is 0.539. The summed E-state index contributed by atoms with van der Waals surface area (Å²) >= 11 is 1.67. The van der Waals surface area contributed by atoms with Crippen LogP contribution in [-0.4, -0.2) is 76.8 Å². The van der Waals surface area contributed by atoms with E-state index in [2.05, 4.69) is 39.7 Å². The van der Waals surface area contributed by atoms with Gasteiger partial charge in [0.1, 0.15) is 0 Å². The van der Waals surface area contributed by atoms with Gasteiger partial charge < -0.3 is 15.0 Å². The van der Waals surface area contributed by atoms with E-state index in [9.17, 15) is 0 Å². The van der Waals surface area contributed by atoms with Crippen LogP contribution in [0.5, 0.6) is 0 Å². The molecular weight excluding hydrogens is 276 g/mol. The summed E-state index contributed by atoms with van der Waals surface area (Å²) in [5.74, 6) is 0.896. The Hall–Kier alpha value is -0.700. The van der Waals surface area contributed by atoms with E-state index in [1.807, 2.05) is 4.68 Å². The van der Waals surface area contributed by atoms with Crippen LogP contribution in [-0.2, 0) is 11.3 Å². The molecule has 0 amide bonds. The van der Waals surface area contributed by atoms with Crippen molar-refractivity contribution < 1.29 is 4.74 Å². The van der Waals surface area contributed by atoms with Crippen LogP contribution in [0.3, 0.4) is 0 Å². The minimum absolute atomic E-state index is 0.266. The van der Waals surface area contributed by atoms with Gasteiger partial charge in [-0.1, -0.05) is 18.7 Å². The summed E-state index contributed by atoms with van der Waals surface area (Å²) in [6, 6.07) is 0. The molecule has 0 radical (unpaired) electrons. The number of likely N-dealkylation sites (N-methyl/N-ethyl adjacent to an activating group) is 1. The number of morpholine rings is 1. The molecule has 7 nitrogen and oxygen atoms in total. The van der Waals surface area contributed by atoms with Crippen molar-refractivity contribution in [1.82, 2.24) is 30.4 Å². The number of rotatable bonds is 8. The van der Waals surface area contributed by atoms with Crippen molar-refractivity contribution in [2.75, 3.05) is 45.6 Å².